The fraction of sp³-hybridized carbons (Fsp3) is 0.158. The Labute approximate surface area is 140 Å². The largest absolute Gasteiger partial charge is 0.496 e. The molecule has 0 saturated carbocycles. The lowest BCUT2D eigenvalue weighted by Gasteiger charge is -2.07. The molecule has 1 aromatic heterocycles. The summed E-state index contributed by atoms with van der Waals surface area (Å²) in [7, 11) is 1.54. The molecule has 0 fully saturated rings. The fourth-order valence-corrected chi connectivity index (χ4v) is 2.68. The third-order valence-corrected chi connectivity index (χ3v) is 3.70. The number of aryl methyl sites for hydroxylation is 2. The molecule has 0 aliphatic rings. The second-order valence-corrected chi connectivity index (χ2v) is 5.70. The van der Waals surface area contributed by atoms with Gasteiger partial charge in [0, 0.05) is 11.6 Å². The van der Waals surface area contributed by atoms with Crippen LogP contribution in [0.5, 0.6) is 5.75 Å². The monoisotopic (exact) mass is 321 g/mol. The number of methoxy groups -OCH3 is 1. The number of carbonyl (C=O) groups excluding carboxylic acids is 1. The number of anilines is 1. The molecule has 0 unspecified atom stereocenters. The average molecular weight is 321 g/mol. The summed E-state index contributed by atoms with van der Waals surface area (Å²) in [6.07, 6.45) is 0. The maximum Gasteiger partial charge on any atom is 0.260 e. The van der Waals surface area contributed by atoms with Gasteiger partial charge in [0.25, 0.3) is 5.91 Å². The van der Waals surface area contributed by atoms with Crippen LogP contribution in [0.3, 0.4) is 0 Å². The zero-order chi connectivity index (χ0) is 17.1. The number of nitrogens with zero attached hydrogens (tertiary/aromatic N) is 1. The Morgan fingerprint density at radius 3 is 2.50 bits per heavy atom. The van der Waals surface area contributed by atoms with Gasteiger partial charge in [-0.1, -0.05) is 29.3 Å². The fourth-order valence-electron chi connectivity index (χ4n) is 2.68. The topological polar surface area (TPSA) is 67.0 Å². The molecule has 2 aromatic carbocycles. The number of amides is 1. The number of H-pyrrole nitrogens is 1. The minimum Gasteiger partial charge on any atom is -0.496 e. The first-order chi connectivity index (χ1) is 11.6. The van der Waals surface area contributed by atoms with Gasteiger partial charge in [-0.25, -0.2) is 0 Å². The molecule has 0 atom stereocenters. The van der Waals surface area contributed by atoms with Crippen LogP contribution in [0.15, 0.2) is 48.5 Å². The molecular weight excluding hydrogens is 302 g/mol. The second-order valence-electron chi connectivity index (χ2n) is 5.70. The van der Waals surface area contributed by atoms with Crippen LogP contribution in [0.4, 0.5) is 5.82 Å². The summed E-state index contributed by atoms with van der Waals surface area (Å²) >= 11 is 0. The van der Waals surface area contributed by atoms with Crippen molar-refractivity contribution in [1.82, 2.24) is 10.2 Å². The molecule has 5 nitrogen and oxygen atoms in total. The first kappa shape index (κ1) is 15.8. The van der Waals surface area contributed by atoms with Gasteiger partial charge in [0.15, 0.2) is 5.82 Å². The normalized spacial score (nSPS) is 10.5. The minimum absolute atomic E-state index is 0.258. The van der Waals surface area contributed by atoms with Gasteiger partial charge in [-0.2, -0.15) is 5.10 Å². The van der Waals surface area contributed by atoms with E-state index in [9.17, 15) is 4.79 Å². The zero-order valence-electron chi connectivity index (χ0n) is 13.9. The van der Waals surface area contributed by atoms with E-state index in [1.807, 2.05) is 12.1 Å². The summed E-state index contributed by atoms with van der Waals surface area (Å²) in [6, 6.07) is 15.2. The summed E-state index contributed by atoms with van der Waals surface area (Å²) in [4.78, 5) is 12.4. The molecule has 1 amide bonds. The van der Waals surface area contributed by atoms with E-state index in [-0.39, 0.29) is 5.91 Å². The lowest BCUT2D eigenvalue weighted by molar-refractivity contribution is 0.102. The van der Waals surface area contributed by atoms with Crippen LogP contribution in [0.1, 0.15) is 21.5 Å². The Morgan fingerprint density at radius 1 is 1.08 bits per heavy atom. The second kappa shape index (κ2) is 6.58. The molecule has 24 heavy (non-hydrogen) atoms. The van der Waals surface area contributed by atoms with Crippen molar-refractivity contribution < 1.29 is 9.53 Å². The van der Waals surface area contributed by atoms with Crippen LogP contribution in [-0.2, 0) is 0 Å². The van der Waals surface area contributed by atoms with Gasteiger partial charge in [0.05, 0.1) is 18.4 Å². The van der Waals surface area contributed by atoms with Crippen molar-refractivity contribution in [3.05, 3.63) is 65.2 Å². The summed E-state index contributed by atoms with van der Waals surface area (Å²) in [6.45, 7) is 4.11. The summed E-state index contributed by atoms with van der Waals surface area (Å²) in [5.41, 5.74) is 4.73. The number of benzene rings is 2. The van der Waals surface area contributed by atoms with Gasteiger partial charge in [-0.3, -0.25) is 9.89 Å². The van der Waals surface area contributed by atoms with E-state index < -0.39 is 0 Å². The SMILES string of the molecule is COc1ccccc1C(=O)Nc1cc(-c2cc(C)cc(C)c2)[nH]n1. The van der Waals surface area contributed by atoms with Gasteiger partial charge < -0.3 is 10.1 Å². The number of aromatic amines is 1. The Balaban J connectivity index is 1.82. The van der Waals surface area contributed by atoms with Crippen molar-refractivity contribution >= 4 is 11.7 Å². The number of hydrogen-bond donors (Lipinski definition) is 2. The van der Waals surface area contributed by atoms with Crippen LogP contribution in [0, 0.1) is 13.8 Å². The molecule has 0 bridgehead atoms. The first-order valence-corrected chi connectivity index (χ1v) is 7.65. The van der Waals surface area contributed by atoms with E-state index in [0.717, 1.165) is 11.3 Å². The van der Waals surface area contributed by atoms with Crippen LogP contribution < -0.4 is 10.1 Å². The Kier molecular flexibility index (Phi) is 4.33. The number of para-hydroxylation sites is 1. The molecule has 122 valence electrons. The molecule has 3 aromatic rings. The van der Waals surface area contributed by atoms with Crippen molar-refractivity contribution in [3.63, 3.8) is 0 Å². The van der Waals surface area contributed by atoms with Crippen molar-refractivity contribution in [2.75, 3.05) is 12.4 Å². The predicted octanol–water partition coefficient (Wildman–Crippen LogP) is 3.95. The van der Waals surface area contributed by atoms with Gasteiger partial charge in [0.2, 0.25) is 0 Å². The van der Waals surface area contributed by atoms with Gasteiger partial charge >= 0.3 is 0 Å². The summed E-state index contributed by atoms with van der Waals surface area (Å²) < 4.78 is 5.22. The van der Waals surface area contributed by atoms with E-state index in [4.69, 9.17) is 4.74 Å². The van der Waals surface area contributed by atoms with Crippen LogP contribution in [0.25, 0.3) is 11.3 Å². The molecule has 5 heteroatoms. The highest BCUT2D eigenvalue weighted by Crippen LogP contribution is 2.23. The van der Waals surface area contributed by atoms with Gasteiger partial charge in [-0.15, -0.1) is 0 Å². The lowest BCUT2D eigenvalue weighted by atomic mass is 10.1. The van der Waals surface area contributed by atoms with E-state index >= 15 is 0 Å². The maximum absolute atomic E-state index is 12.4. The van der Waals surface area contributed by atoms with E-state index in [1.54, 1.807) is 25.3 Å². The van der Waals surface area contributed by atoms with Crippen LogP contribution in [-0.4, -0.2) is 23.2 Å². The molecule has 0 saturated heterocycles. The molecule has 2 N–H and O–H groups in total. The van der Waals surface area contributed by atoms with Crippen LogP contribution >= 0.6 is 0 Å². The van der Waals surface area contributed by atoms with Crippen LogP contribution in [0.2, 0.25) is 0 Å². The molecule has 0 aliphatic carbocycles. The molecule has 0 aliphatic heterocycles. The molecule has 3 rings (SSSR count). The molecule has 1 heterocycles. The number of hydrogen-bond acceptors (Lipinski definition) is 3. The third-order valence-electron chi connectivity index (χ3n) is 3.70. The Morgan fingerprint density at radius 2 is 1.79 bits per heavy atom. The summed E-state index contributed by atoms with van der Waals surface area (Å²) in [5.74, 6) is 0.742. The van der Waals surface area contributed by atoms with Crippen molar-refractivity contribution in [3.8, 4) is 17.0 Å². The number of rotatable bonds is 4. The first-order valence-electron chi connectivity index (χ1n) is 7.65. The standard InChI is InChI=1S/C19H19N3O2/c1-12-8-13(2)10-14(9-12)16-11-18(22-21-16)20-19(23)15-6-4-5-7-17(15)24-3/h4-11H,1-3H3,(H2,20,21,22,23). The van der Waals surface area contributed by atoms with E-state index in [1.165, 1.54) is 11.1 Å². The highest BCUT2D eigenvalue weighted by molar-refractivity contribution is 6.05. The van der Waals surface area contributed by atoms with Gasteiger partial charge in [-0.05, 0) is 38.1 Å². The van der Waals surface area contributed by atoms with Crippen molar-refractivity contribution in [2.24, 2.45) is 0 Å². The molecular formula is C19H19N3O2. The Hall–Kier alpha value is -3.08. The number of carbonyl (C=O) groups is 1. The number of aromatic nitrogens is 2. The van der Waals surface area contributed by atoms with E-state index in [0.29, 0.717) is 17.1 Å². The lowest BCUT2D eigenvalue weighted by Crippen LogP contribution is -2.13. The quantitative estimate of drug-likeness (QED) is 0.764. The van der Waals surface area contributed by atoms with Crippen molar-refractivity contribution in [2.45, 2.75) is 13.8 Å². The number of nitrogens with one attached hydrogen (secondary N) is 2. The smallest absolute Gasteiger partial charge is 0.260 e. The minimum atomic E-state index is -0.258. The molecule has 0 spiro atoms. The highest BCUT2D eigenvalue weighted by Gasteiger charge is 2.13. The molecule has 0 radical (unpaired) electrons. The van der Waals surface area contributed by atoms with Crippen molar-refractivity contribution in [1.29, 1.82) is 0 Å². The Bertz CT molecular complexity index is 864. The average Bonchev–Trinajstić information content (AvgIpc) is 3.02. The van der Waals surface area contributed by atoms with Gasteiger partial charge in [0.1, 0.15) is 5.75 Å². The van der Waals surface area contributed by atoms with E-state index in [2.05, 4.69) is 47.6 Å². The highest BCUT2D eigenvalue weighted by atomic mass is 16.5. The predicted molar refractivity (Wildman–Crippen MR) is 94.4 cm³/mol. The maximum atomic E-state index is 12.4. The number of ether oxygens (including phenoxy) is 1. The zero-order valence-corrected chi connectivity index (χ0v) is 13.9. The third kappa shape index (κ3) is 3.30. The summed E-state index contributed by atoms with van der Waals surface area (Å²) in [5, 5.41) is 9.93.